The van der Waals surface area contributed by atoms with Gasteiger partial charge in [-0.05, 0) is 62.7 Å². The predicted octanol–water partition coefficient (Wildman–Crippen LogP) is 3.13. The van der Waals surface area contributed by atoms with Crippen molar-refractivity contribution in [2.45, 2.75) is 11.4 Å². The average Bonchev–Trinajstić information content (AvgIpc) is 2.43. The van der Waals surface area contributed by atoms with Gasteiger partial charge in [-0.25, -0.2) is 8.42 Å². The van der Waals surface area contributed by atoms with Crippen molar-refractivity contribution >= 4 is 47.6 Å². The molecule has 0 fully saturated rings. The first kappa shape index (κ1) is 16.4. The molecule has 1 heterocycles. The third-order valence-electron chi connectivity index (χ3n) is 2.68. The normalized spacial score (nSPS) is 11.4. The molecule has 0 spiro atoms. The minimum absolute atomic E-state index is 0.193. The Morgan fingerprint density at radius 1 is 1.19 bits per heavy atom. The molecule has 0 amide bonds. The van der Waals surface area contributed by atoms with Gasteiger partial charge in [-0.2, -0.15) is 0 Å². The molecular formula is C13H13Br2N3O2S. The van der Waals surface area contributed by atoms with E-state index in [1.807, 2.05) is 13.1 Å². The third-order valence-corrected chi connectivity index (χ3v) is 5.67. The van der Waals surface area contributed by atoms with E-state index in [1.165, 1.54) is 12.4 Å². The van der Waals surface area contributed by atoms with Crippen LogP contribution in [0.1, 0.15) is 5.56 Å². The van der Waals surface area contributed by atoms with E-state index >= 15 is 0 Å². The number of halogens is 2. The van der Waals surface area contributed by atoms with Crippen LogP contribution in [0.2, 0.25) is 0 Å². The van der Waals surface area contributed by atoms with Crippen LogP contribution >= 0.6 is 31.9 Å². The van der Waals surface area contributed by atoms with Gasteiger partial charge in [-0.3, -0.25) is 9.71 Å². The van der Waals surface area contributed by atoms with E-state index in [0.29, 0.717) is 21.2 Å². The zero-order chi connectivity index (χ0) is 15.5. The molecule has 1 aromatic carbocycles. The Balaban J connectivity index is 2.40. The predicted molar refractivity (Wildman–Crippen MR) is 89.7 cm³/mol. The molecule has 0 aliphatic carbocycles. The molecule has 8 heteroatoms. The average molecular weight is 435 g/mol. The Morgan fingerprint density at radius 2 is 1.95 bits per heavy atom. The molecule has 0 bridgehead atoms. The van der Waals surface area contributed by atoms with Crippen molar-refractivity contribution in [1.29, 1.82) is 0 Å². The van der Waals surface area contributed by atoms with Crippen LogP contribution in [0.25, 0.3) is 0 Å². The van der Waals surface area contributed by atoms with E-state index in [4.69, 9.17) is 0 Å². The number of pyridine rings is 1. The molecular weight excluding hydrogens is 422 g/mol. The zero-order valence-electron chi connectivity index (χ0n) is 11.1. The van der Waals surface area contributed by atoms with Crippen molar-refractivity contribution in [2.75, 3.05) is 11.8 Å². The molecule has 112 valence electrons. The lowest BCUT2D eigenvalue weighted by atomic mass is 10.2. The lowest BCUT2D eigenvalue weighted by Gasteiger charge is -2.12. The summed E-state index contributed by atoms with van der Waals surface area (Å²) in [7, 11) is -1.88. The molecule has 1 aromatic heterocycles. The van der Waals surface area contributed by atoms with Crippen LogP contribution in [0.3, 0.4) is 0 Å². The molecule has 2 aromatic rings. The van der Waals surface area contributed by atoms with Gasteiger partial charge < -0.3 is 5.32 Å². The molecule has 0 radical (unpaired) electrons. The minimum Gasteiger partial charge on any atom is -0.316 e. The summed E-state index contributed by atoms with van der Waals surface area (Å²) in [6, 6.07) is 6.82. The van der Waals surface area contributed by atoms with E-state index < -0.39 is 10.0 Å². The molecule has 5 nitrogen and oxygen atoms in total. The number of anilines is 1. The van der Waals surface area contributed by atoms with Gasteiger partial charge in [0.25, 0.3) is 10.0 Å². The maximum absolute atomic E-state index is 12.5. The smallest absolute Gasteiger partial charge is 0.263 e. The van der Waals surface area contributed by atoms with Crippen LogP contribution in [0, 0.1) is 0 Å². The summed E-state index contributed by atoms with van der Waals surface area (Å²) in [4.78, 5) is 4.10. The fraction of sp³-hybridized carbons (Fsp3) is 0.154. The number of nitrogens with one attached hydrogen (secondary N) is 2. The van der Waals surface area contributed by atoms with Crippen molar-refractivity contribution in [2.24, 2.45) is 0 Å². The van der Waals surface area contributed by atoms with Crippen molar-refractivity contribution in [1.82, 2.24) is 10.3 Å². The van der Waals surface area contributed by atoms with Gasteiger partial charge in [0.1, 0.15) is 4.90 Å². The minimum atomic E-state index is -3.69. The maximum atomic E-state index is 12.5. The Labute approximate surface area is 140 Å². The van der Waals surface area contributed by atoms with Gasteiger partial charge in [-0.15, -0.1) is 0 Å². The van der Waals surface area contributed by atoms with Crippen LogP contribution in [0.5, 0.6) is 0 Å². The topological polar surface area (TPSA) is 71.1 Å². The molecule has 0 aliphatic heterocycles. The van der Waals surface area contributed by atoms with Gasteiger partial charge in [0.05, 0.1) is 10.2 Å². The summed E-state index contributed by atoms with van der Waals surface area (Å²) in [5, 5.41) is 2.99. The second-order valence-corrected chi connectivity index (χ2v) is 7.62. The molecule has 0 saturated heterocycles. The van der Waals surface area contributed by atoms with E-state index in [2.05, 4.69) is 46.9 Å². The first-order chi connectivity index (χ1) is 9.94. The second-order valence-electron chi connectivity index (χ2n) is 4.26. The molecule has 2 rings (SSSR count). The summed E-state index contributed by atoms with van der Waals surface area (Å²) in [5.41, 5.74) is 1.32. The number of nitrogens with zero attached hydrogens (tertiary/aromatic N) is 1. The van der Waals surface area contributed by atoms with Crippen LogP contribution in [-0.4, -0.2) is 20.4 Å². The Bertz CT molecular complexity index is 751. The number of aromatic nitrogens is 1. The molecule has 0 saturated carbocycles. The van der Waals surface area contributed by atoms with Crippen molar-refractivity contribution < 1.29 is 8.42 Å². The lowest BCUT2D eigenvalue weighted by molar-refractivity contribution is 0.600. The third kappa shape index (κ3) is 4.03. The summed E-state index contributed by atoms with van der Waals surface area (Å²) in [6.07, 6.45) is 3.05. The zero-order valence-corrected chi connectivity index (χ0v) is 15.1. The Kier molecular flexibility index (Phi) is 5.37. The molecule has 2 N–H and O–H groups in total. The second kappa shape index (κ2) is 6.87. The van der Waals surface area contributed by atoms with Gasteiger partial charge in [0, 0.05) is 23.4 Å². The summed E-state index contributed by atoms with van der Waals surface area (Å²) < 4.78 is 28.7. The van der Waals surface area contributed by atoms with Gasteiger partial charge in [0.15, 0.2) is 0 Å². The lowest BCUT2D eigenvalue weighted by Crippen LogP contribution is -2.15. The first-order valence-electron chi connectivity index (χ1n) is 5.99. The van der Waals surface area contributed by atoms with E-state index in [9.17, 15) is 8.42 Å². The standard InChI is InChI=1S/C13H13Br2N3O2S/c1-16-7-9-2-3-10(14)13(6-9)21(19,20)18-12-4-5-17-8-11(12)15/h2-6,8,16H,7H2,1H3,(H,17,18). The number of rotatable bonds is 5. The van der Waals surface area contributed by atoms with E-state index in [1.54, 1.807) is 18.2 Å². The molecule has 21 heavy (non-hydrogen) atoms. The van der Waals surface area contributed by atoms with Crippen LogP contribution in [0.15, 0.2) is 50.5 Å². The van der Waals surface area contributed by atoms with Crippen LogP contribution in [-0.2, 0) is 16.6 Å². The summed E-state index contributed by atoms with van der Waals surface area (Å²) >= 11 is 6.55. The highest BCUT2D eigenvalue weighted by atomic mass is 79.9. The number of hydrogen-bond acceptors (Lipinski definition) is 4. The monoisotopic (exact) mass is 433 g/mol. The fourth-order valence-electron chi connectivity index (χ4n) is 1.73. The fourth-order valence-corrected chi connectivity index (χ4v) is 4.30. The van der Waals surface area contributed by atoms with Gasteiger partial charge >= 0.3 is 0 Å². The largest absolute Gasteiger partial charge is 0.316 e. The van der Waals surface area contributed by atoms with E-state index in [-0.39, 0.29) is 4.90 Å². The highest BCUT2D eigenvalue weighted by Crippen LogP contribution is 2.28. The van der Waals surface area contributed by atoms with Crippen LogP contribution in [0.4, 0.5) is 5.69 Å². The number of benzene rings is 1. The highest BCUT2D eigenvalue weighted by molar-refractivity contribution is 9.11. The molecule has 0 aliphatic rings. The summed E-state index contributed by atoms with van der Waals surface area (Å²) in [6.45, 7) is 0.592. The molecule has 0 unspecified atom stereocenters. The van der Waals surface area contributed by atoms with Gasteiger partial charge in [-0.1, -0.05) is 6.07 Å². The summed E-state index contributed by atoms with van der Waals surface area (Å²) in [5.74, 6) is 0. The maximum Gasteiger partial charge on any atom is 0.263 e. The van der Waals surface area contributed by atoms with Crippen molar-refractivity contribution in [3.63, 3.8) is 0 Å². The number of hydrogen-bond donors (Lipinski definition) is 2. The Morgan fingerprint density at radius 3 is 2.62 bits per heavy atom. The SMILES string of the molecule is CNCc1ccc(Br)c(S(=O)(=O)Nc2ccncc2Br)c1. The quantitative estimate of drug-likeness (QED) is 0.758. The van der Waals surface area contributed by atoms with E-state index in [0.717, 1.165) is 5.56 Å². The first-order valence-corrected chi connectivity index (χ1v) is 9.06. The number of sulfonamides is 1. The van der Waals surface area contributed by atoms with Crippen molar-refractivity contribution in [3.8, 4) is 0 Å². The highest BCUT2D eigenvalue weighted by Gasteiger charge is 2.19. The van der Waals surface area contributed by atoms with Gasteiger partial charge in [0.2, 0.25) is 0 Å². The Hall–Kier alpha value is -0.960. The van der Waals surface area contributed by atoms with Crippen molar-refractivity contribution in [3.05, 3.63) is 51.2 Å². The van der Waals surface area contributed by atoms with Crippen LogP contribution < -0.4 is 10.0 Å². The molecule has 0 atom stereocenters.